The lowest BCUT2D eigenvalue weighted by atomic mass is 10.3. The minimum absolute atomic E-state index is 0.326. The summed E-state index contributed by atoms with van der Waals surface area (Å²) in [4.78, 5) is 0.361. The van der Waals surface area contributed by atoms with Gasteiger partial charge in [0.25, 0.3) is 0 Å². The van der Waals surface area contributed by atoms with Crippen molar-refractivity contribution in [2.45, 2.75) is 11.3 Å². The molecule has 0 spiro atoms. The number of hydrogen-bond acceptors (Lipinski definition) is 2. The van der Waals surface area contributed by atoms with Crippen LogP contribution >= 0.6 is 11.8 Å². The zero-order valence-corrected chi connectivity index (χ0v) is 7.45. The first-order chi connectivity index (χ1) is 6.09. The van der Waals surface area contributed by atoms with Crippen molar-refractivity contribution >= 4 is 17.4 Å². The molecule has 1 aromatic carbocycles. The lowest BCUT2D eigenvalue weighted by Gasteiger charge is -2.04. The minimum Gasteiger partial charge on any atom is -0.398 e. The normalized spacial score (nSPS) is 10.8. The largest absolute Gasteiger partial charge is 0.398 e. The number of rotatable bonds is 3. The van der Waals surface area contributed by atoms with E-state index >= 15 is 0 Å². The summed E-state index contributed by atoms with van der Waals surface area (Å²) in [5, 5.41) is 0. The molecule has 1 rings (SSSR count). The fraction of sp³-hybridized carbons (Fsp3) is 0.250. The second-order valence-electron chi connectivity index (χ2n) is 2.38. The molecule has 13 heavy (non-hydrogen) atoms. The summed E-state index contributed by atoms with van der Waals surface area (Å²) in [6, 6.07) is 3.72. The highest BCUT2D eigenvalue weighted by Crippen LogP contribution is 2.26. The summed E-state index contributed by atoms with van der Waals surface area (Å²) in [5.74, 6) is -0.834. The van der Waals surface area contributed by atoms with Gasteiger partial charge in [0, 0.05) is 10.6 Å². The van der Waals surface area contributed by atoms with Crippen molar-refractivity contribution in [3.05, 3.63) is 24.0 Å². The van der Waals surface area contributed by atoms with E-state index in [2.05, 4.69) is 0 Å². The van der Waals surface area contributed by atoms with Crippen LogP contribution in [0.25, 0.3) is 0 Å². The summed E-state index contributed by atoms with van der Waals surface area (Å²) in [7, 11) is 0. The van der Waals surface area contributed by atoms with Crippen LogP contribution in [0.2, 0.25) is 0 Å². The third-order valence-corrected chi connectivity index (χ3v) is 2.42. The Kier molecular flexibility index (Phi) is 3.48. The van der Waals surface area contributed by atoms with Gasteiger partial charge in [-0.15, -0.1) is 11.8 Å². The SMILES string of the molecule is Nc1ccc(F)cc1SCC(F)F. The van der Waals surface area contributed by atoms with Gasteiger partial charge in [0.15, 0.2) is 0 Å². The van der Waals surface area contributed by atoms with Crippen molar-refractivity contribution in [1.82, 2.24) is 0 Å². The molecule has 0 fully saturated rings. The molecule has 0 heterocycles. The van der Waals surface area contributed by atoms with Crippen LogP contribution < -0.4 is 5.73 Å². The van der Waals surface area contributed by atoms with Crippen molar-refractivity contribution < 1.29 is 13.2 Å². The summed E-state index contributed by atoms with van der Waals surface area (Å²) in [5.41, 5.74) is 5.77. The Morgan fingerprint density at radius 1 is 1.38 bits per heavy atom. The molecule has 0 aliphatic rings. The van der Waals surface area contributed by atoms with Gasteiger partial charge in [-0.3, -0.25) is 0 Å². The quantitative estimate of drug-likeness (QED) is 0.609. The maximum atomic E-state index is 12.6. The molecule has 0 aliphatic carbocycles. The van der Waals surface area contributed by atoms with Crippen molar-refractivity contribution in [3.63, 3.8) is 0 Å². The first-order valence-electron chi connectivity index (χ1n) is 3.55. The fourth-order valence-corrected chi connectivity index (χ4v) is 1.52. The first-order valence-corrected chi connectivity index (χ1v) is 4.54. The van der Waals surface area contributed by atoms with E-state index in [1.165, 1.54) is 12.1 Å². The topological polar surface area (TPSA) is 26.0 Å². The van der Waals surface area contributed by atoms with Crippen LogP contribution in [0, 0.1) is 5.82 Å². The number of nitrogen functional groups attached to an aromatic ring is 1. The molecule has 0 atom stereocenters. The van der Waals surface area contributed by atoms with Crippen LogP contribution in [0.1, 0.15) is 0 Å². The predicted octanol–water partition coefficient (Wildman–Crippen LogP) is 2.77. The molecule has 0 radical (unpaired) electrons. The molecule has 5 heteroatoms. The molecule has 1 nitrogen and oxygen atoms in total. The van der Waals surface area contributed by atoms with Crippen LogP contribution in [-0.2, 0) is 0 Å². The third kappa shape index (κ3) is 3.18. The average molecular weight is 207 g/mol. The van der Waals surface area contributed by atoms with Crippen LogP contribution in [0.5, 0.6) is 0 Å². The van der Waals surface area contributed by atoms with Crippen molar-refractivity contribution in [2.24, 2.45) is 0 Å². The summed E-state index contributed by atoms with van der Waals surface area (Å²) in [6.07, 6.45) is -2.41. The van der Waals surface area contributed by atoms with Gasteiger partial charge >= 0.3 is 0 Å². The number of hydrogen-bond donors (Lipinski definition) is 1. The molecule has 1 aromatic rings. The van der Waals surface area contributed by atoms with E-state index in [1.54, 1.807) is 0 Å². The highest BCUT2D eigenvalue weighted by Gasteiger charge is 2.06. The van der Waals surface area contributed by atoms with Gasteiger partial charge in [0.1, 0.15) is 5.82 Å². The number of benzene rings is 1. The predicted molar refractivity (Wildman–Crippen MR) is 47.5 cm³/mol. The standard InChI is InChI=1S/C8H8F3NS/c9-5-1-2-6(12)7(3-5)13-4-8(10)11/h1-3,8H,4,12H2. The number of nitrogens with two attached hydrogens (primary N) is 1. The Morgan fingerprint density at radius 3 is 2.69 bits per heavy atom. The number of anilines is 1. The van der Waals surface area contributed by atoms with Gasteiger partial charge in [0.2, 0.25) is 6.43 Å². The van der Waals surface area contributed by atoms with E-state index in [9.17, 15) is 13.2 Å². The van der Waals surface area contributed by atoms with Gasteiger partial charge < -0.3 is 5.73 Å². The van der Waals surface area contributed by atoms with Crippen molar-refractivity contribution in [1.29, 1.82) is 0 Å². The summed E-state index contributed by atoms with van der Waals surface area (Å²) in [6.45, 7) is 0. The molecule has 0 saturated heterocycles. The number of thioether (sulfide) groups is 1. The number of alkyl halides is 2. The molecule has 72 valence electrons. The molecule has 0 amide bonds. The Bertz CT molecular complexity index is 291. The number of halogens is 3. The molecular weight excluding hydrogens is 199 g/mol. The molecule has 0 unspecified atom stereocenters. The lowest BCUT2D eigenvalue weighted by molar-refractivity contribution is 0.177. The van der Waals surface area contributed by atoms with E-state index in [0.717, 1.165) is 17.8 Å². The van der Waals surface area contributed by atoms with E-state index in [4.69, 9.17) is 5.73 Å². The van der Waals surface area contributed by atoms with Crippen LogP contribution in [0.3, 0.4) is 0 Å². The van der Waals surface area contributed by atoms with E-state index < -0.39 is 12.2 Å². The van der Waals surface area contributed by atoms with Crippen LogP contribution in [0.4, 0.5) is 18.9 Å². The van der Waals surface area contributed by atoms with E-state index in [1.807, 2.05) is 0 Å². The Morgan fingerprint density at radius 2 is 2.08 bits per heavy atom. The highest BCUT2D eigenvalue weighted by atomic mass is 32.2. The smallest absolute Gasteiger partial charge is 0.247 e. The lowest BCUT2D eigenvalue weighted by Crippen LogP contribution is -1.96. The first kappa shape index (κ1) is 10.2. The maximum absolute atomic E-state index is 12.6. The van der Waals surface area contributed by atoms with Crippen molar-refractivity contribution in [2.75, 3.05) is 11.5 Å². The van der Waals surface area contributed by atoms with Crippen LogP contribution in [-0.4, -0.2) is 12.2 Å². The van der Waals surface area contributed by atoms with E-state index in [-0.39, 0.29) is 5.75 Å². The zero-order valence-electron chi connectivity index (χ0n) is 6.64. The average Bonchev–Trinajstić information content (AvgIpc) is 2.06. The minimum atomic E-state index is -2.41. The monoisotopic (exact) mass is 207 g/mol. The second-order valence-corrected chi connectivity index (χ2v) is 3.45. The van der Waals surface area contributed by atoms with Crippen molar-refractivity contribution in [3.8, 4) is 0 Å². The molecule has 0 aromatic heterocycles. The van der Waals surface area contributed by atoms with Gasteiger partial charge in [-0.05, 0) is 18.2 Å². The molecular formula is C8H8F3NS. The molecule has 0 aliphatic heterocycles. The second kappa shape index (κ2) is 4.41. The Balaban J connectivity index is 2.70. The fourth-order valence-electron chi connectivity index (χ4n) is 0.786. The van der Waals surface area contributed by atoms with Crippen LogP contribution in [0.15, 0.2) is 23.1 Å². The van der Waals surface area contributed by atoms with E-state index in [0.29, 0.717) is 10.6 Å². The molecule has 0 saturated carbocycles. The van der Waals surface area contributed by atoms with Gasteiger partial charge in [0.05, 0.1) is 5.75 Å². The van der Waals surface area contributed by atoms with Gasteiger partial charge in [-0.1, -0.05) is 0 Å². The zero-order chi connectivity index (χ0) is 9.84. The Hall–Kier alpha value is -0.840. The summed E-state index contributed by atoms with van der Waals surface area (Å²) >= 11 is 0.854. The molecule has 0 bridgehead atoms. The summed E-state index contributed by atoms with van der Waals surface area (Å²) < 4.78 is 36.2. The Labute approximate surface area is 78.1 Å². The van der Waals surface area contributed by atoms with Gasteiger partial charge in [-0.2, -0.15) is 0 Å². The maximum Gasteiger partial charge on any atom is 0.247 e. The van der Waals surface area contributed by atoms with Gasteiger partial charge in [-0.25, -0.2) is 13.2 Å². The third-order valence-electron chi connectivity index (χ3n) is 1.34. The highest BCUT2D eigenvalue weighted by molar-refractivity contribution is 7.99. The molecule has 2 N–H and O–H groups in total.